The first-order chi connectivity index (χ1) is 16.5. The zero-order valence-corrected chi connectivity index (χ0v) is 19.7. The predicted molar refractivity (Wildman–Crippen MR) is 136 cm³/mol. The van der Waals surface area contributed by atoms with Gasteiger partial charge in [-0.3, -0.25) is 14.2 Å². The number of fused-ring (bicyclic) bond motifs is 1. The fourth-order valence-corrected chi connectivity index (χ4v) is 4.64. The Morgan fingerprint density at radius 2 is 1.82 bits per heavy atom. The summed E-state index contributed by atoms with van der Waals surface area (Å²) in [6, 6.07) is 21.7. The van der Waals surface area contributed by atoms with Crippen LogP contribution in [0.3, 0.4) is 0 Å². The van der Waals surface area contributed by atoms with Gasteiger partial charge in [0.05, 0.1) is 16.6 Å². The molecule has 168 valence electrons. The summed E-state index contributed by atoms with van der Waals surface area (Å²) in [4.78, 5) is 34.3. The highest BCUT2D eigenvalue weighted by atomic mass is 32.2. The summed E-state index contributed by atoms with van der Waals surface area (Å²) in [5.74, 6) is -0.280. The van der Waals surface area contributed by atoms with Crippen molar-refractivity contribution in [2.45, 2.75) is 10.1 Å². The molecule has 0 aliphatic rings. The lowest BCUT2D eigenvalue weighted by Crippen LogP contribution is -2.21. The third-order valence-corrected chi connectivity index (χ3v) is 6.64. The van der Waals surface area contributed by atoms with Crippen LogP contribution in [0.25, 0.3) is 16.6 Å². The monoisotopic (exact) mass is 485 g/mol. The Bertz CT molecular complexity index is 1620. The van der Waals surface area contributed by atoms with Gasteiger partial charge in [0, 0.05) is 35.6 Å². The van der Waals surface area contributed by atoms with Gasteiger partial charge in [-0.15, -0.1) is 0 Å². The number of para-hydroxylation sites is 1. The van der Waals surface area contributed by atoms with Gasteiger partial charge in [0.15, 0.2) is 9.93 Å². The molecule has 5 aromatic rings. The highest BCUT2D eigenvalue weighted by Crippen LogP contribution is 2.27. The second kappa shape index (κ2) is 9.12. The number of aromatic amines is 1. The lowest BCUT2D eigenvalue weighted by atomic mass is 10.1. The van der Waals surface area contributed by atoms with Crippen molar-refractivity contribution in [3.05, 3.63) is 106 Å². The van der Waals surface area contributed by atoms with Crippen LogP contribution in [0.5, 0.6) is 0 Å². The molecular formula is C25H19N5O2S2. The van der Waals surface area contributed by atoms with E-state index in [2.05, 4.69) is 15.3 Å². The van der Waals surface area contributed by atoms with Gasteiger partial charge in [-0.1, -0.05) is 30.0 Å². The Kier molecular flexibility index (Phi) is 5.87. The fraction of sp³-hybridized carbons (Fsp3) is 0.0400. The Hall–Kier alpha value is -3.95. The lowest BCUT2D eigenvalue weighted by Gasteiger charge is -2.10. The molecule has 0 saturated heterocycles. The highest BCUT2D eigenvalue weighted by molar-refractivity contribution is 7.99. The number of hydrogen-bond donors (Lipinski definition) is 2. The normalized spacial score (nSPS) is 11.0. The smallest absolute Gasteiger partial charge is 0.266 e. The van der Waals surface area contributed by atoms with Crippen LogP contribution in [0, 0.1) is 4.77 Å². The SMILES string of the molecule is Cn1ccnc1Sc1ccc(NC(=O)c2ccc3c(=O)n(-c4ccccc4)c(=S)[nH]c3c2)cc1. The summed E-state index contributed by atoms with van der Waals surface area (Å²) in [7, 11) is 1.94. The number of benzene rings is 3. The predicted octanol–water partition coefficient (Wildman–Crippen LogP) is 5.19. The van der Waals surface area contributed by atoms with Gasteiger partial charge < -0.3 is 14.9 Å². The van der Waals surface area contributed by atoms with E-state index in [0.717, 1.165) is 10.1 Å². The number of anilines is 1. The molecule has 3 aromatic carbocycles. The van der Waals surface area contributed by atoms with Crippen molar-refractivity contribution in [1.29, 1.82) is 0 Å². The summed E-state index contributed by atoms with van der Waals surface area (Å²) >= 11 is 6.96. The molecule has 0 aliphatic heterocycles. The van der Waals surface area contributed by atoms with E-state index < -0.39 is 0 Å². The number of carbonyl (C=O) groups is 1. The number of aromatic nitrogens is 4. The zero-order chi connectivity index (χ0) is 23.7. The van der Waals surface area contributed by atoms with E-state index in [1.165, 1.54) is 4.57 Å². The standard InChI is InChI=1S/C25H19N5O2S2/c1-29-14-13-26-25(29)34-19-10-8-17(9-11-19)27-22(31)16-7-12-20-21(15-16)28-24(33)30(23(20)32)18-5-3-2-4-6-18/h2-15H,1H3,(H,27,31)(H,28,33). The first kappa shape index (κ1) is 21.9. The molecule has 34 heavy (non-hydrogen) atoms. The van der Waals surface area contributed by atoms with E-state index in [1.54, 1.807) is 36.2 Å². The first-order valence-corrected chi connectivity index (χ1v) is 11.6. The van der Waals surface area contributed by atoms with Gasteiger partial charge in [0.1, 0.15) is 0 Å². The minimum absolute atomic E-state index is 0.238. The van der Waals surface area contributed by atoms with Crippen LogP contribution in [0.1, 0.15) is 10.4 Å². The van der Waals surface area contributed by atoms with E-state index in [9.17, 15) is 9.59 Å². The number of H-pyrrole nitrogens is 1. The third kappa shape index (κ3) is 4.30. The summed E-state index contributed by atoms with van der Waals surface area (Å²) in [6.45, 7) is 0. The van der Waals surface area contributed by atoms with Crippen molar-refractivity contribution < 1.29 is 4.79 Å². The molecule has 0 bridgehead atoms. The molecule has 2 heterocycles. The van der Waals surface area contributed by atoms with E-state index in [0.29, 0.717) is 27.8 Å². The van der Waals surface area contributed by atoms with Gasteiger partial charge in [-0.25, -0.2) is 4.98 Å². The quantitative estimate of drug-likeness (QED) is 0.335. The van der Waals surface area contributed by atoms with E-state index in [-0.39, 0.29) is 16.2 Å². The summed E-state index contributed by atoms with van der Waals surface area (Å²) < 4.78 is 3.66. The van der Waals surface area contributed by atoms with Crippen molar-refractivity contribution in [1.82, 2.24) is 19.1 Å². The molecule has 5 rings (SSSR count). The second-order valence-corrected chi connectivity index (χ2v) is 9.00. The average Bonchev–Trinajstić information content (AvgIpc) is 3.24. The molecular weight excluding hydrogens is 466 g/mol. The Morgan fingerprint density at radius 3 is 2.53 bits per heavy atom. The minimum atomic E-state index is -0.280. The topological polar surface area (TPSA) is 84.7 Å². The molecule has 0 spiro atoms. The summed E-state index contributed by atoms with van der Waals surface area (Å²) in [5, 5.41) is 4.23. The number of nitrogens with zero attached hydrogens (tertiary/aromatic N) is 3. The third-order valence-electron chi connectivity index (χ3n) is 5.27. The number of amides is 1. The maximum Gasteiger partial charge on any atom is 0.266 e. The van der Waals surface area contributed by atoms with Crippen LogP contribution in [-0.4, -0.2) is 25.0 Å². The van der Waals surface area contributed by atoms with Crippen molar-refractivity contribution in [3.63, 3.8) is 0 Å². The summed E-state index contributed by atoms with van der Waals surface area (Å²) in [6.07, 6.45) is 3.65. The van der Waals surface area contributed by atoms with Gasteiger partial charge in [-0.05, 0) is 66.8 Å². The number of hydrogen-bond acceptors (Lipinski definition) is 5. The van der Waals surface area contributed by atoms with Crippen molar-refractivity contribution in [2.24, 2.45) is 7.05 Å². The Morgan fingerprint density at radius 1 is 1.06 bits per heavy atom. The van der Waals surface area contributed by atoms with Crippen LogP contribution in [0.2, 0.25) is 0 Å². The number of imidazole rings is 1. The van der Waals surface area contributed by atoms with Crippen molar-refractivity contribution in [3.8, 4) is 5.69 Å². The number of carbonyl (C=O) groups excluding carboxylic acids is 1. The summed E-state index contributed by atoms with van der Waals surface area (Å²) in [5.41, 5.74) is 2.04. The zero-order valence-electron chi connectivity index (χ0n) is 18.1. The van der Waals surface area contributed by atoms with Crippen molar-refractivity contribution in [2.75, 3.05) is 5.32 Å². The maximum atomic E-state index is 13.1. The molecule has 7 nitrogen and oxygen atoms in total. The average molecular weight is 486 g/mol. The van der Waals surface area contributed by atoms with Crippen LogP contribution in [0.4, 0.5) is 5.69 Å². The molecule has 1 amide bonds. The molecule has 0 unspecified atom stereocenters. The minimum Gasteiger partial charge on any atom is -0.331 e. The van der Waals surface area contributed by atoms with Gasteiger partial charge in [0.2, 0.25) is 0 Å². The fourth-order valence-electron chi connectivity index (χ4n) is 3.54. The first-order valence-electron chi connectivity index (χ1n) is 10.4. The molecule has 0 fully saturated rings. The highest BCUT2D eigenvalue weighted by Gasteiger charge is 2.12. The molecule has 0 saturated carbocycles. The molecule has 0 atom stereocenters. The number of aryl methyl sites for hydroxylation is 1. The van der Waals surface area contributed by atoms with Gasteiger partial charge in [-0.2, -0.15) is 0 Å². The van der Waals surface area contributed by atoms with Gasteiger partial charge in [0.25, 0.3) is 11.5 Å². The Labute approximate surface area is 204 Å². The molecule has 2 aromatic heterocycles. The Balaban J connectivity index is 1.38. The molecule has 9 heteroatoms. The molecule has 2 N–H and O–H groups in total. The van der Waals surface area contributed by atoms with E-state index in [1.807, 2.05) is 72.4 Å². The van der Waals surface area contributed by atoms with Gasteiger partial charge >= 0.3 is 0 Å². The van der Waals surface area contributed by atoms with Crippen LogP contribution in [0.15, 0.2) is 100 Å². The maximum absolute atomic E-state index is 13.1. The molecule has 0 aliphatic carbocycles. The van der Waals surface area contributed by atoms with Crippen molar-refractivity contribution >= 4 is 46.5 Å². The number of rotatable bonds is 5. The van der Waals surface area contributed by atoms with Crippen LogP contribution < -0.4 is 10.9 Å². The lowest BCUT2D eigenvalue weighted by molar-refractivity contribution is 0.102. The second-order valence-electron chi connectivity index (χ2n) is 7.57. The van der Waals surface area contributed by atoms with E-state index >= 15 is 0 Å². The van der Waals surface area contributed by atoms with Crippen LogP contribution >= 0.6 is 24.0 Å². The number of nitrogens with one attached hydrogen (secondary N) is 2. The molecule has 0 radical (unpaired) electrons. The van der Waals surface area contributed by atoms with Crippen LogP contribution in [-0.2, 0) is 7.05 Å². The van der Waals surface area contributed by atoms with E-state index in [4.69, 9.17) is 12.2 Å². The largest absolute Gasteiger partial charge is 0.331 e.